The third-order valence-corrected chi connectivity index (χ3v) is 3.70. The molecule has 0 saturated heterocycles. The Balaban J connectivity index is 1.97. The van der Waals surface area contributed by atoms with Crippen molar-refractivity contribution in [2.24, 2.45) is 0 Å². The first-order chi connectivity index (χ1) is 9.60. The molecule has 2 aromatic rings. The summed E-state index contributed by atoms with van der Waals surface area (Å²) in [6.07, 6.45) is 0. The van der Waals surface area contributed by atoms with E-state index in [2.05, 4.69) is 43.4 Å². The van der Waals surface area contributed by atoms with Crippen molar-refractivity contribution in [2.45, 2.75) is 26.4 Å². The second-order valence-electron chi connectivity index (χ2n) is 4.98. The number of halogens is 1. The van der Waals surface area contributed by atoms with Crippen molar-refractivity contribution in [2.75, 3.05) is 7.11 Å². The van der Waals surface area contributed by atoms with Gasteiger partial charge in [-0.1, -0.05) is 47.5 Å². The van der Waals surface area contributed by atoms with Crippen LogP contribution in [0.15, 0.2) is 42.5 Å². The van der Waals surface area contributed by atoms with Crippen molar-refractivity contribution in [3.63, 3.8) is 0 Å². The minimum atomic E-state index is 0.302. The van der Waals surface area contributed by atoms with Gasteiger partial charge in [0.1, 0.15) is 5.75 Å². The monoisotopic (exact) mass is 289 g/mol. The second kappa shape index (κ2) is 6.78. The summed E-state index contributed by atoms with van der Waals surface area (Å²) < 4.78 is 5.15. The summed E-state index contributed by atoms with van der Waals surface area (Å²) in [7, 11) is 1.62. The lowest BCUT2D eigenvalue weighted by molar-refractivity contribution is 0.414. The highest BCUT2D eigenvalue weighted by molar-refractivity contribution is 6.32. The Morgan fingerprint density at radius 3 is 2.45 bits per heavy atom. The van der Waals surface area contributed by atoms with Gasteiger partial charge >= 0.3 is 0 Å². The molecule has 3 heteroatoms. The van der Waals surface area contributed by atoms with E-state index in [0.717, 1.165) is 12.1 Å². The van der Waals surface area contributed by atoms with Crippen molar-refractivity contribution in [1.82, 2.24) is 5.32 Å². The van der Waals surface area contributed by atoms with Gasteiger partial charge in [-0.05, 0) is 37.1 Å². The van der Waals surface area contributed by atoms with Crippen LogP contribution in [0.25, 0.3) is 0 Å². The minimum absolute atomic E-state index is 0.302. The van der Waals surface area contributed by atoms with Crippen LogP contribution in [0, 0.1) is 6.92 Å². The lowest BCUT2D eigenvalue weighted by atomic mass is 10.1. The molecular weight excluding hydrogens is 270 g/mol. The predicted octanol–water partition coefficient (Wildman–Crippen LogP) is 4.51. The molecule has 0 spiro atoms. The van der Waals surface area contributed by atoms with Gasteiger partial charge in [-0.3, -0.25) is 0 Å². The van der Waals surface area contributed by atoms with Crippen LogP contribution in [0.1, 0.15) is 29.7 Å². The third-order valence-electron chi connectivity index (χ3n) is 3.41. The molecule has 0 amide bonds. The second-order valence-corrected chi connectivity index (χ2v) is 5.39. The van der Waals surface area contributed by atoms with E-state index in [1.165, 1.54) is 11.1 Å². The number of aryl methyl sites for hydroxylation is 1. The Morgan fingerprint density at radius 1 is 1.15 bits per heavy atom. The Labute approximate surface area is 125 Å². The average molecular weight is 290 g/mol. The normalized spacial score (nSPS) is 12.2. The summed E-state index contributed by atoms with van der Waals surface area (Å²) in [5.41, 5.74) is 3.72. The fraction of sp³-hybridized carbons (Fsp3) is 0.294. The van der Waals surface area contributed by atoms with E-state index in [-0.39, 0.29) is 0 Å². The van der Waals surface area contributed by atoms with Crippen molar-refractivity contribution in [3.8, 4) is 5.75 Å². The van der Waals surface area contributed by atoms with E-state index in [0.29, 0.717) is 16.8 Å². The van der Waals surface area contributed by atoms with Crippen LogP contribution in [0.5, 0.6) is 5.75 Å². The summed E-state index contributed by atoms with van der Waals surface area (Å²) in [4.78, 5) is 0. The number of benzene rings is 2. The quantitative estimate of drug-likeness (QED) is 0.874. The zero-order valence-corrected chi connectivity index (χ0v) is 12.9. The van der Waals surface area contributed by atoms with Crippen molar-refractivity contribution < 1.29 is 4.74 Å². The fourth-order valence-electron chi connectivity index (χ4n) is 2.06. The number of hydrogen-bond acceptors (Lipinski definition) is 2. The van der Waals surface area contributed by atoms with Gasteiger partial charge in [-0.2, -0.15) is 0 Å². The van der Waals surface area contributed by atoms with Crippen molar-refractivity contribution in [1.29, 1.82) is 0 Å². The highest BCUT2D eigenvalue weighted by atomic mass is 35.5. The van der Waals surface area contributed by atoms with E-state index in [9.17, 15) is 0 Å². The molecule has 0 aliphatic heterocycles. The first kappa shape index (κ1) is 14.9. The SMILES string of the molecule is COc1ccc(CN[C@H](C)c2ccc(C)cc2)cc1Cl. The van der Waals surface area contributed by atoms with Crippen molar-refractivity contribution >= 4 is 11.6 Å². The molecule has 0 radical (unpaired) electrons. The average Bonchev–Trinajstić information content (AvgIpc) is 2.45. The Bertz CT molecular complexity index is 566. The predicted molar refractivity (Wildman–Crippen MR) is 84.4 cm³/mol. The zero-order valence-electron chi connectivity index (χ0n) is 12.1. The van der Waals surface area contributed by atoms with Gasteiger partial charge in [0.25, 0.3) is 0 Å². The highest BCUT2D eigenvalue weighted by Gasteiger charge is 2.06. The number of hydrogen-bond donors (Lipinski definition) is 1. The third kappa shape index (κ3) is 3.75. The molecule has 0 aliphatic carbocycles. The maximum atomic E-state index is 6.13. The van der Waals surface area contributed by atoms with E-state index in [1.807, 2.05) is 18.2 Å². The first-order valence-corrected chi connectivity index (χ1v) is 7.10. The van der Waals surface area contributed by atoms with Crippen LogP contribution in [-0.4, -0.2) is 7.11 Å². The van der Waals surface area contributed by atoms with E-state index in [1.54, 1.807) is 7.11 Å². The molecule has 1 atom stereocenters. The molecular formula is C17H20ClNO. The molecule has 2 nitrogen and oxygen atoms in total. The Hall–Kier alpha value is -1.51. The van der Waals surface area contributed by atoms with Gasteiger partial charge in [-0.15, -0.1) is 0 Å². The van der Waals surface area contributed by atoms with Gasteiger partial charge in [0.05, 0.1) is 12.1 Å². The number of nitrogens with one attached hydrogen (secondary N) is 1. The maximum absolute atomic E-state index is 6.13. The van der Waals surface area contributed by atoms with Crippen LogP contribution in [0.3, 0.4) is 0 Å². The molecule has 0 heterocycles. The van der Waals surface area contributed by atoms with E-state index in [4.69, 9.17) is 16.3 Å². The minimum Gasteiger partial charge on any atom is -0.495 e. The van der Waals surface area contributed by atoms with Crippen LogP contribution >= 0.6 is 11.6 Å². The molecule has 0 unspecified atom stereocenters. The summed E-state index contributed by atoms with van der Waals surface area (Å²) in [5, 5.41) is 4.15. The zero-order chi connectivity index (χ0) is 14.5. The largest absolute Gasteiger partial charge is 0.495 e. The van der Waals surface area contributed by atoms with Crippen LogP contribution in [-0.2, 0) is 6.54 Å². The molecule has 0 fully saturated rings. The molecule has 20 heavy (non-hydrogen) atoms. The lowest BCUT2D eigenvalue weighted by Crippen LogP contribution is -2.18. The smallest absolute Gasteiger partial charge is 0.137 e. The molecule has 0 aliphatic rings. The molecule has 0 bridgehead atoms. The summed E-state index contributed by atoms with van der Waals surface area (Å²) in [6.45, 7) is 5.04. The van der Waals surface area contributed by atoms with Gasteiger partial charge in [0, 0.05) is 12.6 Å². The summed E-state index contributed by atoms with van der Waals surface area (Å²) in [6, 6.07) is 14.8. The van der Waals surface area contributed by atoms with Crippen LogP contribution in [0.4, 0.5) is 0 Å². The van der Waals surface area contributed by atoms with Gasteiger partial charge in [-0.25, -0.2) is 0 Å². The molecule has 1 N–H and O–H groups in total. The Morgan fingerprint density at radius 2 is 1.85 bits per heavy atom. The maximum Gasteiger partial charge on any atom is 0.137 e. The summed E-state index contributed by atoms with van der Waals surface area (Å²) in [5.74, 6) is 0.710. The van der Waals surface area contributed by atoms with Crippen LogP contribution in [0.2, 0.25) is 5.02 Å². The van der Waals surface area contributed by atoms with Gasteiger partial charge in [0.15, 0.2) is 0 Å². The Kier molecular flexibility index (Phi) is 5.05. The van der Waals surface area contributed by atoms with E-state index >= 15 is 0 Å². The van der Waals surface area contributed by atoms with Gasteiger partial charge < -0.3 is 10.1 Å². The summed E-state index contributed by atoms with van der Waals surface area (Å²) >= 11 is 6.13. The fourth-order valence-corrected chi connectivity index (χ4v) is 2.34. The van der Waals surface area contributed by atoms with Gasteiger partial charge in [0.2, 0.25) is 0 Å². The number of ether oxygens (including phenoxy) is 1. The molecule has 2 rings (SSSR count). The number of rotatable bonds is 5. The topological polar surface area (TPSA) is 21.3 Å². The first-order valence-electron chi connectivity index (χ1n) is 6.72. The molecule has 2 aromatic carbocycles. The highest BCUT2D eigenvalue weighted by Crippen LogP contribution is 2.25. The standard InChI is InChI=1S/C17H20ClNO/c1-12-4-7-15(8-5-12)13(2)19-11-14-6-9-17(20-3)16(18)10-14/h4-10,13,19H,11H2,1-3H3/t13-/m1/s1. The molecule has 106 valence electrons. The number of methoxy groups -OCH3 is 1. The van der Waals surface area contributed by atoms with Crippen molar-refractivity contribution in [3.05, 3.63) is 64.2 Å². The van der Waals surface area contributed by atoms with E-state index < -0.39 is 0 Å². The molecule has 0 saturated carbocycles. The van der Waals surface area contributed by atoms with Crippen LogP contribution < -0.4 is 10.1 Å². The molecule has 0 aromatic heterocycles. The lowest BCUT2D eigenvalue weighted by Gasteiger charge is -2.15.